The number of ketones is 1. The van der Waals surface area contributed by atoms with Crippen LogP contribution < -0.4 is 0 Å². The fourth-order valence-corrected chi connectivity index (χ4v) is 2.75. The number of rotatable bonds is 4. The van der Waals surface area contributed by atoms with E-state index in [4.69, 9.17) is 11.6 Å². The number of carbonyl (C=O) groups excluding carboxylic acids is 1. The van der Waals surface area contributed by atoms with Gasteiger partial charge in [-0.15, -0.1) is 0 Å². The number of non-ortho nitro benzene ring substituents is 1. The Hall–Kier alpha value is -1.46. The van der Waals surface area contributed by atoms with Crippen LogP contribution in [0, 0.1) is 16.0 Å². The third kappa shape index (κ3) is 3.55. The molecule has 0 unspecified atom stereocenters. The molecule has 1 heterocycles. The molecular weight excluding hydrogens is 280 g/mol. The summed E-state index contributed by atoms with van der Waals surface area (Å²) in [6, 6.07) is 4.57. The maximum absolute atomic E-state index is 11.3. The van der Waals surface area contributed by atoms with E-state index >= 15 is 0 Å². The number of benzene rings is 1. The second-order valence-electron chi connectivity index (χ2n) is 5.19. The van der Waals surface area contributed by atoms with Crippen molar-refractivity contribution in [1.29, 1.82) is 0 Å². The summed E-state index contributed by atoms with van der Waals surface area (Å²) in [6.45, 7) is 4.03. The van der Waals surface area contributed by atoms with Crippen molar-refractivity contribution in [2.75, 3.05) is 13.1 Å². The molecule has 0 aliphatic carbocycles. The zero-order valence-corrected chi connectivity index (χ0v) is 12.1. The maximum atomic E-state index is 11.3. The first-order valence-corrected chi connectivity index (χ1v) is 7.01. The molecule has 108 valence electrons. The van der Waals surface area contributed by atoms with Gasteiger partial charge < -0.3 is 0 Å². The van der Waals surface area contributed by atoms with Crippen LogP contribution in [-0.2, 0) is 11.3 Å². The molecule has 1 fully saturated rings. The van der Waals surface area contributed by atoms with Gasteiger partial charge >= 0.3 is 0 Å². The Morgan fingerprint density at radius 1 is 1.45 bits per heavy atom. The van der Waals surface area contributed by atoms with Crippen molar-refractivity contribution < 1.29 is 9.72 Å². The van der Waals surface area contributed by atoms with Gasteiger partial charge in [-0.3, -0.25) is 19.8 Å². The number of nitro groups is 1. The first-order valence-electron chi connectivity index (χ1n) is 6.63. The molecule has 1 aromatic carbocycles. The third-order valence-electron chi connectivity index (χ3n) is 3.80. The van der Waals surface area contributed by atoms with Gasteiger partial charge in [0.05, 0.1) is 9.95 Å². The molecule has 1 aliphatic heterocycles. The first kappa shape index (κ1) is 14.9. The molecular formula is C14H17ClN2O3. The lowest BCUT2D eigenvalue weighted by Crippen LogP contribution is -2.35. The Morgan fingerprint density at radius 3 is 2.60 bits per heavy atom. The molecule has 1 aliphatic rings. The van der Waals surface area contributed by atoms with Gasteiger partial charge in [0, 0.05) is 24.6 Å². The zero-order chi connectivity index (χ0) is 14.7. The monoisotopic (exact) mass is 296 g/mol. The minimum Gasteiger partial charge on any atom is -0.300 e. The van der Waals surface area contributed by atoms with Gasteiger partial charge in [-0.2, -0.15) is 0 Å². The molecule has 2 rings (SSSR count). The van der Waals surface area contributed by atoms with E-state index < -0.39 is 4.92 Å². The summed E-state index contributed by atoms with van der Waals surface area (Å²) in [6.07, 6.45) is 1.75. The second-order valence-corrected chi connectivity index (χ2v) is 5.60. The number of likely N-dealkylation sites (tertiary alicyclic amines) is 1. The Labute approximate surface area is 122 Å². The number of nitrogens with zero attached hydrogens (tertiary/aromatic N) is 2. The molecule has 20 heavy (non-hydrogen) atoms. The summed E-state index contributed by atoms with van der Waals surface area (Å²) in [5.74, 6) is 0.441. The van der Waals surface area contributed by atoms with E-state index in [9.17, 15) is 14.9 Å². The minimum absolute atomic E-state index is 0.00837. The molecule has 5 nitrogen and oxygen atoms in total. The van der Waals surface area contributed by atoms with Gasteiger partial charge in [0.25, 0.3) is 5.69 Å². The van der Waals surface area contributed by atoms with E-state index in [2.05, 4.69) is 4.90 Å². The van der Waals surface area contributed by atoms with E-state index in [-0.39, 0.29) is 17.4 Å². The van der Waals surface area contributed by atoms with E-state index in [1.165, 1.54) is 12.1 Å². The average molecular weight is 297 g/mol. The highest BCUT2D eigenvalue weighted by Gasteiger charge is 2.22. The van der Waals surface area contributed by atoms with Crippen LogP contribution in [0.1, 0.15) is 25.3 Å². The van der Waals surface area contributed by atoms with Crippen LogP contribution in [0.15, 0.2) is 18.2 Å². The van der Waals surface area contributed by atoms with Crippen molar-refractivity contribution >= 4 is 23.1 Å². The van der Waals surface area contributed by atoms with Gasteiger partial charge in [0.2, 0.25) is 0 Å². The number of Topliss-reactive ketones (excluding diaryl/α,β-unsaturated/α-hetero) is 1. The fourth-order valence-electron chi connectivity index (χ4n) is 2.52. The van der Waals surface area contributed by atoms with Crippen LogP contribution in [-0.4, -0.2) is 28.7 Å². The quantitative estimate of drug-likeness (QED) is 0.633. The Kier molecular flexibility index (Phi) is 4.73. The number of halogens is 1. The SMILES string of the molecule is CC(=O)C1CCN(Cc2ccc([N+](=O)[O-])cc2Cl)CC1. The molecule has 0 saturated carbocycles. The summed E-state index contributed by atoms with van der Waals surface area (Å²) >= 11 is 6.09. The van der Waals surface area contributed by atoms with Gasteiger partial charge in [-0.05, 0) is 44.5 Å². The molecule has 0 N–H and O–H groups in total. The highest BCUT2D eigenvalue weighted by Crippen LogP contribution is 2.25. The number of piperidine rings is 1. The van der Waals surface area contributed by atoms with Crippen molar-refractivity contribution in [3.63, 3.8) is 0 Å². The van der Waals surface area contributed by atoms with E-state index in [1.807, 2.05) is 0 Å². The van der Waals surface area contributed by atoms with Crippen molar-refractivity contribution in [3.05, 3.63) is 38.9 Å². The number of nitro benzene ring substituents is 1. The molecule has 0 aromatic heterocycles. The van der Waals surface area contributed by atoms with E-state index in [0.717, 1.165) is 31.5 Å². The lowest BCUT2D eigenvalue weighted by Gasteiger charge is -2.30. The van der Waals surface area contributed by atoms with Gasteiger partial charge in [-0.25, -0.2) is 0 Å². The Balaban J connectivity index is 1.98. The van der Waals surface area contributed by atoms with Crippen LogP contribution in [0.3, 0.4) is 0 Å². The predicted molar refractivity (Wildman–Crippen MR) is 76.8 cm³/mol. The molecule has 0 bridgehead atoms. The largest absolute Gasteiger partial charge is 0.300 e. The minimum atomic E-state index is -0.450. The highest BCUT2D eigenvalue weighted by atomic mass is 35.5. The second kappa shape index (κ2) is 6.33. The Morgan fingerprint density at radius 2 is 2.10 bits per heavy atom. The molecule has 0 atom stereocenters. The first-order chi connectivity index (χ1) is 9.47. The average Bonchev–Trinajstić information content (AvgIpc) is 2.41. The zero-order valence-electron chi connectivity index (χ0n) is 11.3. The van der Waals surface area contributed by atoms with Crippen LogP contribution in [0.5, 0.6) is 0 Å². The number of hydrogen-bond acceptors (Lipinski definition) is 4. The van der Waals surface area contributed by atoms with Gasteiger partial charge in [-0.1, -0.05) is 11.6 Å². The van der Waals surface area contributed by atoms with E-state index in [0.29, 0.717) is 11.6 Å². The smallest absolute Gasteiger partial charge is 0.270 e. The molecule has 0 amide bonds. The number of carbonyl (C=O) groups is 1. The van der Waals surface area contributed by atoms with Crippen molar-refractivity contribution in [2.45, 2.75) is 26.3 Å². The Bertz CT molecular complexity index is 525. The molecule has 1 aromatic rings. The van der Waals surface area contributed by atoms with E-state index in [1.54, 1.807) is 13.0 Å². The van der Waals surface area contributed by atoms with Gasteiger partial charge in [0.1, 0.15) is 5.78 Å². The van der Waals surface area contributed by atoms with Gasteiger partial charge in [0.15, 0.2) is 0 Å². The lowest BCUT2D eigenvalue weighted by atomic mass is 9.93. The standard InChI is InChI=1S/C14H17ClN2O3/c1-10(18)11-4-6-16(7-5-11)9-12-2-3-13(17(19)20)8-14(12)15/h2-3,8,11H,4-7,9H2,1H3. The molecule has 0 spiro atoms. The summed E-state index contributed by atoms with van der Waals surface area (Å²) < 4.78 is 0. The molecule has 0 radical (unpaired) electrons. The predicted octanol–water partition coefficient (Wildman–Crippen LogP) is 3.05. The van der Waals surface area contributed by atoms with Crippen LogP contribution >= 0.6 is 11.6 Å². The van der Waals surface area contributed by atoms with Crippen molar-refractivity contribution in [1.82, 2.24) is 4.90 Å². The maximum Gasteiger partial charge on any atom is 0.270 e. The van der Waals surface area contributed by atoms with Crippen LogP contribution in [0.25, 0.3) is 0 Å². The normalized spacial score (nSPS) is 17.1. The van der Waals surface area contributed by atoms with Crippen LogP contribution in [0.2, 0.25) is 5.02 Å². The summed E-state index contributed by atoms with van der Waals surface area (Å²) in [7, 11) is 0. The number of hydrogen-bond donors (Lipinski definition) is 0. The van der Waals surface area contributed by atoms with Crippen LogP contribution in [0.4, 0.5) is 5.69 Å². The third-order valence-corrected chi connectivity index (χ3v) is 4.16. The van der Waals surface area contributed by atoms with Crippen molar-refractivity contribution in [3.8, 4) is 0 Å². The highest BCUT2D eigenvalue weighted by molar-refractivity contribution is 6.31. The summed E-state index contributed by atoms with van der Waals surface area (Å²) in [5, 5.41) is 11.1. The summed E-state index contributed by atoms with van der Waals surface area (Å²) in [4.78, 5) is 23.8. The molecule has 1 saturated heterocycles. The topological polar surface area (TPSA) is 63.5 Å². The fraction of sp³-hybridized carbons (Fsp3) is 0.500. The molecule has 6 heteroatoms. The lowest BCUT2D eigenvalue weighted by molar-refractivity contribution is -0.384. The van der Waals surface area contributed by atoms with Crippen molar-refractivity contribution in [2.24, 2.45) is 5.92 Å². The summed E-state index contributed by atoms with van der Waals surface area (Å²) in [5.41, 5.74) is 0.896.